The lowest BCUT2D eigenvalue weighted by Gasteiger charge is -2.15. The lowest BCUT2D eigenvalue weighted by molar-refractivity contribution is 0.454. The molecule has 0 aliphatic rings. The standard InChI is InChI=1S/C11H21N/c1-4-7-9-11(12-6-3)10-8-5-2/h1,11-12H,5-10H2,2-3H3. The molecule has 12 heavy (non-hydrogen) atoms. The van der Waals surface area contributed by atoms with Crippen LogP contribution >= 0.6 is 0 Å². The van der Waals surface area contributed by atoms with E-state index in [1.165, 1.54) is 19.3 Å². The highest BCUT2D eigenvalue weighted by Gasteiger charge is 2.04. The fraction of sp³-hybridized carbons (Fsp3) is 0.818. The van der Waals surface area contributed by atoms with Crippen molar-refractivity contribution in [2.24, 2.45) is 0 Å². The van der Waals surface area contributed by atoms with Gasteiger partial charge in [0.2, 0.25) is 0 Å². The van der Waals surface area contributed by atoms with E-state index in [-0.39, 0.29) is 0 Å². The van der Waals surface area contributed by atoms with E-state index in [9.17, 15) is 0 Å². The second kappa shape index (κ2) is 8.62. The van der Waals surface area contributed by atoms with Crippen molar-refractivity contribution < 1.29 is 0 Å². The first kappa shape index (κ1) is 11.5. The molecule has 0 aromatic carbocycles. The summed E-state index contributed by atoms with van der Waals surface area (Å²) in [4.78, 5) is 0. The molecule has 0 bridgehead atoms. The van der Waals surface area contributed by atoms with Crippen molar-refractivity contribution in [1.29, 1.82) is 0 Å². The first-order valence-electron chi connectivity index (χ1n) is 5.02. The zero-order valence-electron chi connectivity index (χ0n) is 8.40. The van der Waals surface area contributed by atoms with Crippen LogP contribution in [0.1, 0.15) is 46.0 Å². The number of rotatable bonds is 7. The summed E-state index contributed by atoms with van der Waals surface area (Å²) in [6.07, 6.45) is 11.1. The maximum Gasteiger partial charge on any atom is 0.0101 e. The van der Waals surface area contributed by atoms with Crippen LogP contribution in [-0.4, -0.2) is 12.6 Å². The number of nitrogens with one attached hydrogen (secondary N) is 1. The Kier molecular flexibility index (Phi) is 8.27. The van der Waals surface area contributed by atoms with Crippen molar-refractivity contribution in [3.63, 3.8) is 0 Å². The fourth-order valence-electron chi connectivity index (χ4n) is 1.35. The Morgan fingerprint density at radius 1 is 1.33 bits per heavy atom. The summed E-state index contributed by atoms with van der Waals surface area (Å²) in [6, 6.07) is 0.644. The zero-order valence-corrected chi connectivity index (χ0v) is 8.40. The SMILES string of the molecule is C#CCCC(CCCC)NCC. The normalized spacial score (nSPS) is 12.4. The molecule has 0 radical (unpaired) electrons. The predicted molar refractivity (Wildman–Crippen MR) is 55.1 cm³/mol. The molecule has 0 aliphatic heterocycles. The van der Waals surface area contributed by atoms with E-state index in [2.05, 4.69) is 25.1 Å². The van der Waals surface area contributed by atoms with Crippen molar-refractivity contribution in [2.45, 2.75) is 52.0 Å². The molecule has 0 aromatic rings. The van der Waals surface area contributed by atoms with E-state index in [0.29, 0.717) is 6.04 Å². The van der Waals surface area contributed by atoms with Crippen molar-refractivity contribution in [1.82, 2.24) is 5.32 Å². The summed E-state index contributed by atoms with van der Waals surface area (Å²) in [5.41, 5.74) is 0. The number of hydrogen-bond acceptors (Lipinski definition) is 1. The van der Waals surface area contributed by atoms with Crippen molar-refractivity contribution in [3.8, 4) is 12.3 Å². The van der Waals surface area contributed by atoms with Gasteiger partial charge < -0.3 is 5.32 Å². The average molecular weight is 167 g/mol. The molecule has 1 nitrogen and oxygen atoms in total. The van der Waals surface area contributed by atoms with E-state index < -0.39 is 0 Å². The highest BCUT2D eigenvalue weighted by atomic mass is 14.9. The molecule has 0 saturated carbocycles. The minimum Gasteiger partial charge on any atom is -0.314 e. The lowest BCUT2D eigenvalue weighted by atomic mass is 10.1. The number of hydrogen-bond donors (Lipinski definition) is 1. The zero-order chi connectivity index (χ0) is 9.23. The van der Waals surface area contributed by atoms with Gasteiger partial charge in [0.25, 0.3) is 0 Å². The Bertz CT molecular complexity index is 123. The van der Waals surface area contributed by atoms with Crippen LogP contribution in [0.2, 0.25) is 0 Å². The van der Waals surface area contributed by atoms with Crippen LogP contribution in [0.25, 0.3) is 0 Å². The molecule has 1 atom stereocenters. The van der Waals surface area contributed by atoms with Gasteiger partial charge in [-0.2, -0.15) is 0 Å². The van der Waals surface area contributed by atoms with Crippen LogP contribution in [0.15, 0.2) is 0 Å². The molecule has 0 saturated heterocycles. The smallest absolute Gasteiger partial charge is 0.0101 e. The van der Waals surface area contributed by atoms with Crippen molar-refractivity contribution in [3.05, 3.63) is 0 Å². The van der Waals surface area contributed by atoms with Crippen LogP contribution < -0.4 is 5.32 Å². The molecule has 0 heterocycles. The third-order valence-electron chi connectivity index (χ3n) is 2.04. The Morgan fingerprint density at radius 3 is 2.58 bits per heavy atom. The average Bonchev–Trinajstić information content (AvgIpc) is 2.10. The largest absolute Gasteiger partial charge is 0.314 e. The maximum atomic E-state index is 5.22. The topological polar surface area (TPSA) is 12.0 Å². The monoisotopic (exact) mass is 167 g/mol. The molecule has 1 heteroatoms. The lowest BCUT2D eigenvalue weighted by Crippen LogP contribution is -2.28. The van der Waals surface area contributed by atoms with Crippen LogP contribution in [0.5, 0.6) is 0 Å². The summed E-state index contributed by atoms with van der Waals surface area (Å²) < 4.78 is 0. The van der Waals surface area contributed by atoms with E-state index in [1.54, 1.807) is 0 Å². The summed E-state index contributed by atoms with van der Waals surface area (Å²) in [7, 11) is 0. The van der Waals surface area contributed by atoms with E-state index in [4.69, 9.17) is 6.42 Å². The molecule has 70 valence electrons. The van der Waals surface area contributed by atoms with E-state index in [1.807, 2.05) is 0 Å². The minimum atomic E-state index is 0.644. The molecule has 1 N–H and O–H groups in total. The van der Waals surface area contributed by atoms with Crippen LogP contribution in [-0.2, 0) is 0 Å². The summed E-state index contributed by atoms with van der Waals surface area (Å²) in [5.74, 6) is 2.69. The van der Waals surface area contributed by atoms with E-state index >= 15 is 0 Å². The summed E-state index contributed by atoms with van der Waals surface area (Å²) in [5, 5.41) is 3.46. The first-order valence-corrected chi connectivity index (χ1v) is 5.02. The van der Waals surface area contributed by atoms with Gasteiger partial charge in [-0.3, -0.25) is 0 Å². The van der Waals surface area contributed by atoms with Gasteiger partial charge in [-0.15, -0.1) is 12.3 Å². The second-order valence-corrected chi connectivity index (χ2v) is 3.14. The van der Waals surface area contributed by atoms with Crippen LogP contribution in [0.4, 0.5) is 0 Å². The van der Waals surface area contributed by atoms with Gasteiger partial charge in [0.15, 0.2) is 0 Å². The molecule has 0 aliphatic carbocycles. The number of unbranched alkanes of at least 4 members (excludes halogenated alkanes) is 1. The highest BCUT2D eigenvalue weighted by Crippen LogP contribution is 2.05. The van der Waals surface area contributed by atoms with Gasteiger partial charge in [-0.05, 0) is 19.4 Å². The van der Waals surface area contributed by atoms with Gasteiger partial charge in [-0.25, -0.2) is 0 Å². The predicted octanol–water partition coefficient (Wildman–Crippen LogP) is 2.57. The molecule has 0 amide bonds. The maximum absolute atomic E-state index is 5.22. The van der Waals surface area contributed by atoms with Gasteiger partial charge in [0, 0.05) is 12.5 Å². The molecule has 1 unspecified atom stereocenters. The van der Waals surface area contributed by atoms with Crippen LogP contribution in [0.3, 0.4) is 0 Å². The second-order valence-electron chi connectivity index (χ2n) is 3.14. The Labute approximate surface area is 76.9 Å². The molecule has 0 spiro atoms. The van der Waals surface area contributed by atoms with Gasteiger partial charge in [0.05, 0.1) is 0 Å². The highest BCUT2D eigenvalue weighted by molar-refractivity contribution is 4.85. The fourth-order valence-corrected chi connectivity index (χ4v) is 1.35. The van der Waals surface area contributed by atoms with Gasteiger partial charge in [-0.1, -0.05) is 26.7 Å². The molecular formula is C11H21N. The summed E-state index contributed by atoms with van der Waals surface area (Å²) >= 11 is 0. The Hall–Kier alpha value is -0.480. The molecular weight excluding hydrogens is 146 g/mol. The minimum absolute atomic E-state index is 0.644. The Morgan fingerprint density at radius 2 is 2.08 bits per heavy atom. The van der Waals surface area contributed by atoms with Crippen LogP contribution in [0, 0.1) is 12.3 Å². The van der Waals surface area contributed by atoms with Gasteiger partial charge >= 0.3 is 0 Å². The van der Waals surface area contributed by atoms with Gasteiger partial charge in [0.1, 0.15) is 0 Å². The Balaban J connectivity index is 3.48. The molecule has 0 rings (SSSR count). The van der Waals surface area contributed by atoms with E-state index in [0.717, 1.165) is 19.4 Å². The first-order chi connectivity index (χ1) is 5.85. The quantitative estimate of drug-likeness (QED) is 0.575. The van der Waals surface area contributed by atoms with Crippen molar-refractivity contribution in [2.75, 3.05) is 6.54 Å². The third kappa shape index (κ3) is 6.24. The molecule has 0 fully saturated rings. The third-order valence-corrected chi connectivity index (χ3v) is 2.04. The number of terminal acetylenes is 1. The molecule has 0 aromatic heterocycles. The summed E-state index contributed by atoms with van der Waals surface area (Å²) in [6.45, 7) is 5.43. The van der Waals surface area contributed by atoms with Crippen molar-refractivity contribution >= 4 is 0 Å².